The Morgan fingerprint density at radius 3 is 1.68 bits per heavy atom. The Bertz CT molecular complexity index is 406. The van der Waals surface area contributed by atoms with Gasteiger partial charge < -0.3 is 0 Å². The van der Waals surface area contributed by atoms with Crippen LogP contribution in [0.5, 0.6) is 0 Å². The summed E-state index contributed by atoms with van der Waals surface area (Å²) in [5.41, 5.74) is 0. The van der Waals surface area contributed by atoms with E-state index in [0.717, 1.165) is 23.0 Å². The number of hydrogen-bond donors (Lipinski definition) is 0. The number of thiophene rings is 1. The third-order valence-corrected chi connectivity index (χ3v) is 7.87. The van der Waals surface area contributed by atoms with Gasteiger partial charge in [-0.25, -0.2) is 0 Å². The molecule has 0 fully saturated rings. The second kappa shape index (κ2) is 12.9. The zero-order chi connectivity index (χ0) is 16.2. The van der Waals surface area contributed by atoms with E-state index in [1.165, 1.54) is 13.4 Å². The molecule has 1 rings (SSSR count). The van der Waals surface area contributed by atoms with Crippen molar-refractivity contribution in [2.24, 2.45) is 0 Å². The average Bonchev–Trinajstić information content (AvgIpc) is 3.01. The van der Waals surface area contributed by atoms with E-state index in [0.29, 0.717) is 5.92 Å². The standard InChI is InChI=1S/C17H26S5/c1-5-18-16(19-6-2)12-14(15-10-9-11-22-15)13-17(20-7-3)21-8-4/h9-14H,5-8H2,1-4H3. The van der Waals surface area contributed by atoms with Crippen LogP contribution in [-0.2, 0) is 0 Å². The minimum atomic E-state index is 0.404. The Kier molecular flexibility index (Phi) is 12.1. The fourth-order valence-corrected chi connectivity index (χ4v) is 6.79. The second-order valence-electron chi connectivity index (χ2n) is 4.24. The molecule has 0 atom stereocenters. The fraction of sp³-hybridized carbons (Fsp3) is 0.529. The Morgan fingerprint density at radius 2 is 1.36 bits per heavy atom. The normalized spacial score (nSPS) is 10.8. The summed E-state index contributed by atoms with van der Waals surface area (Å²) in [6.45, 7) is 8.93. The van der Waals surface area contributed by atoms with Crippen molar-refractivity contribution in [1.29, 1.82) is 0 Å². The molecular formula is C17H26S5. The van der Waals surface area contributed by atoms with Crippen LogP contribution >= 0.6 is 58.4 Å². The molecule has 1 aromatic rings. The van der Waals surface area contributed by atoms with Crippen LogP contribution in [0, 0.1) is 0 Å². The van der Waals surface area contributed by atoms with Gasteiger partial charge in [0, 0.05) is 19.3 Å². The lowest BCUT2D eigenvalue weighted by Gasteiger charge is -2.12. The Labute approximate surface area is 157 Å². The predicted molar refractivity (Wildman–Crippen MR) is 116 cm³/mol. The number of allylic oxidation sites excluding steroid dienone is 2. The molecule has 0 radical (unpaired) electrons. The maximum absolute atomic E-state index is 2.46. The van der Waals surface area contributed by atoms with E-state index in [1.807, 2.05) is 58.4 Å². The maximum atomic E-state index is 2.46. The van der Waals surface area contributed by atoms with Gasteiger partial charge in [-0.2, -0.15) is 0 Å². The topological polar surface area (TPSA) is 0 Å². The molecule has 0 aromatic carbocycles. The second-order valence-corrected chi connectivity index (χ2v) is 11.0. The van der Waals surface area contributed by atoms with E-state index >= 15 is 0 Å². The quantitative estimate of drug-likeness (QED) is 0.383. The highest BCUT2D eigenvalue weighted by atomic mass is 32.2. The predicted octanol–water partition coefficient (Wildman–Crippen LogP) is 7.53. The minimum Gasteiger partial charge on any atom is -0.148 e. The Hall–Kier alpha value is 0.580. The van der Waals surface area contributed by atoms with E-state index in [4.69, 9.17) is 0 Å². The lowest BCUT2D eigenvalue weighted by molar-refractivity contribution is 1.13. The molecule has 0 aliphatic carbocycles. The third-order valence-electron chi connectivity index (χ3n) is 2.65. The van der Waals surface area contributed by atoms with Crippen LogP contribution in [0.25, 0.3) is 0 Å². The van der Waals surface area contributed by atoms with Crippen molar-refractivity contribution in [1.82, 2.24) is 0 Å². The fourth-order valence-electron chi connectivity index (χ4n) is 1.83. The molecule has 22 heavy (non-hydrogen) atoms. The number of thioether (sulfide) groups is 4. The van der Waals surface area contributed by atoms with Crippen LogP contribution in [-0.4, -0.2) is 23.0 Å². The number of hydrogen-bond acceptors (Lipinski definition) is 5. The lowest BCUT2D eigenvalue weighted by Crippen LogP contribution is -1.91. The van der Waals surface area contributed by atoms with Crippen LogP contribution in [0.1, 0.15) is 38.5 Å². The summed E-state index contributed by atoms with van der Waals surface area (Å²) < 4.78 is 2.92. The van der Waals surface area contributed by atoms with E-state index < -0.39 is 0 Å². The van der Waals surface area contributed by atoms with Gasteiger partial charge in [0.15, 0.2) is 0 Å². The van der Waals surface area contributed by atoms with Crippen molar-refractivity contribution in [3.63, 3.8) is 0 Å². The highest BCUT2D eigenvalue weighted by Crippen LogP contribution is 2.37. The smallest absolute Gasteiger partial charge is 0.0370 e. The van der Waals surface area contributed by atoms with Gasteiger partial charge in [0.2, 0.25) is 0 Å². The van der Waals surface area contributed by atoms with Crippen molar-refractivity contribution >= 4 is 58.4 Å². The van der Waals surface area contributed by atoms with Crippen LogP contribution in [0.4, 0.5) is 0 Å². The molecule has 0 saturated carbocycles. The summed E-state index contributed by atoms with van der Waals surface area (Å²) in [5, 5.41) is 2.18. The summed E-state index contributed by atoms with van der Waals surface area (Å²) in [5.74, 6) is 4.96. The third kappa shape index (κ3) is 7.91. The highest BCUT2D eigenvalue weighted by molar-refractivity contribution is 8.22. The van der Waals surface area contributed by atoms with Crippen molar-refractivity contribution in [3.8, 4) is 0 Å². The molecule has 0 aliphatic heterocycles. The minimum absolute atomic E-state index is 0.404. The number of rotatable bonds is 11. The van der Waals surface area contributed by atoms with E-state index in [2.05, 4.69) is 57.4 Å². The largest absolute Gasteiger partial charge is 0.148 e. The van der Waals surface area contributed by atoms with Crippen LogP contribution in [0.2, 0.25) is 0 Å². The van der Waals surface area contributed by atoms with Gasteiger partial charge in [-0.15, -0.1) is 58.4 Å². The van der Waals surface area contributed by atoms with Gasteiger partial charge in [-0.3, -0.25) is 0 Å². The Morgan fingerprint density at radius 1 is 0.909 bits per heavy atom. The highest BCUT2D eigenvalue weighted by Gasteiger charge is 2.11. The molecule has 0 nitrogen and oxygen atoms in total. The molecule has 1 aromatic heterocycles. The summed E-state index contributed by atoms with van der Waals surface area (Å²) in [7, 11) is 0. The molecule has 0 amide bonds. The van der Waals surface area contributed by atoms with Gasteiger partial charge in [-0.05, 0) is 34.5 Å². The van der Waals surface area contributed by atoms with Gasteiger partial charge >= 0.3 is 0 Å². The summed E-state index contributed by atoms with van der Waals surface area (Å²) in [4.78, 5) is 1.44. The molecule has 0 unspecified atom stereocenters. The summed E-state index contributed by atoms with van der Waals surface area (Å²) >= 11 is 9.73. The van der Waals surface area contributed by atoms with Gasteiger partial charge in [0.1, 0.15) is 0 Å². The zero-order valence-corrected chi connectivity index (χ0v) is 17.9. The molecular weight excluding hydrogens is 365 g/mol. The van der Waals surface area contributed by atoms with Crippen molar-refractivity contribution in [3.05, 3.63) is 43.0 Å². The van der Waals surface area contributed by atoms with Gasteiger partial charge in [0.05, 0.1) is 0 Å². The van der Waals surface area contributed by atoms with Crippen molar-refractivity contribution in [2.45, 2.75) is 33.6 Å². The molecule has 0 bridgehead atoms. The first-order chi connectivity index (χ1) is 10.7. The molecule has 124 valence electrons. The summed E-state index contributed by atoms with van der Waals surface area (Å²) in [6, 6.07) is 4.42. The van der Waals surface area contributed by atoms with Crippen LogP contribution in [0.15, 0.2) is 38.1 Å². The first-order valence-electron chi connectivity index (χ1n) is 7.73. The molecule has 0 spiro atoms. The van der Waals surface area contributed by atoms with Crippen LogP contribution < -0.4 is 0 Å². The lowest BCUT2D eigenvalue weighted by atomic mass is 10.1. The first-order valence-corrected chi connectivity index (χ1v) is 12.5. The van der Waals surface area contributed by atoms with E-state index in [-0.39, 0.29) is 0 Å². The molecule has 1 heterocycles. The zero-order valence-electron chi connectivity index (χ0n) is 13.8. The van der Waals surface area contributed by atoms with Gasteiger partial charge in [0.25, 0.3) is 0 Å². The monoisotopic (exact) mass is 390 g/mol. The molecule has 0 saturated heterocycles. The van der Waals surface area contributed by atoms with Gasteiger partial charge in [-0.1, -0.05) is 45.9 Å². The molecule has 0 N–H and O–H groups in total. The van der Waals surface area contributed by atoms with Crippen molar-refractivity contribution in [2.75, 3.05) is 23.0 Å². The maximum Gasteiger partial charge on any atom is 0.0370 e. The average molecular weight is 391 g/mol. The Balaban J connectivity index is 3.06. The van der Waals surface area contributed by atoms with Crippen molar-refractivity contribution < 1.29 is 0 Å². The van der Waals surface area contributed by atoms with E-state index in [1.54, 1.807) is 0 Å². The molecule has 0 aliphatic rings. The summed E-state index contributed by atoms with van der Waals surface area (Å²) in [6.07, 6.45) is 4.92. The molecule has 5 heteroatoms. The SMILES string of the molecule is CCSC(=CC(C=C(SCC)SCC)c1cccs1)SCC. The first kappa shape index (κ1) is 20.6. The van der Waals surface area contributed by atoms with Crippen LogP contribution in [0.3, 0.4) is 0 Å². The van der Waals surface area contributed by atoms with E-state index in [9.17, 15) is 0 Å².